The molecule has 2 aliphatic carbocycles. The monoisotopic (exact) mass is 291 g/mol. The van der Waals surface area contributed by atoms with E-state index in [-0.39, 0.29) is 0 Å². The van der Waals surface area contributed by atoms with Gasteiger partial charge in [0, 0.05) is 20.2 Å². The molecule has 0 spiro atoms. The van der Waals surface area contributed by atoms with Crippen LogP contribution in [0.25, 0.3) is 0 Å². The molecule has 0 saturated heterocycles. The fourth-order valence-corrected chi connectivity index (χ4v) is 2.10. The topological polar surface area (TPSA) is 60.6 Å². The van der Waals surface area contributed by atoms with E-state index in [1.54, 1.807) is 0 Å². The van der Waals surface area contributed by atoms with Crippen molar-refractivity contribution < 1.29 is 9.47 Å². The first kappa shape index (κ1) is 14.4. The summed E-state index contributed by atoms with van der Waals surface area (Å²) in [7, 11) is 2.02. The third-order valence-corrected chi connectivity index (χ3v) is 4.04. The van der Waals surface area contributed by atoms with Gasteiger partial charge in [-0.2, -0.15) is 4.98 Å². The van der Waals surface area contributed by atoms with Crippen molar-refractivity contribution >= 4 is 11.5 Å². The van der Waals surface area contributed by atoms with E-state index in [4.69, 9.17) is 15.2 Å². The van der Waals surface area contributed by atoms with E-state index in [9.17, 15) is 0 Å². The fraction of sp³-hybridized carbons (Fsp3) is 0.688. The lowest BCUT2D eigenvalue weighted by molar-refractivity contribution is 0.130. The minimum absolute atomic E-state index is 0.560. The second-order valence-electron chi connectivity index (χ2n) is 6.26. The minimum Gasteiger partial charge on any atom is -0.476 e. The van der Waals surface area contributed by atoms with Crippen LogP contribution in [0.2, 0.25) is 0 Å². The van der Waals surface area contributed by atoms with Gasteiger partial charge in [0.05, 0.1) is 18.9 Å². The van der Waals surface area contributed by atoms with Crippen molar-refractivity contribution in [3.05, 3.63) is 12.1 Å². The van der Waals surface area contributed by atoms with Crippen LogP contribution in [-0.2, 0) is 4.74 Å². The molecule has 1 aromatic rings. The van der Waals surface area contributed by atoms with Gasteiger partial charge in [-0.25, -0.2) is 0 Å². The van der Waals surface area contributed by atoms with Gasteiger partial charge in [0.25, 0.3) is 0 Å². The summed E-state index contributed by atoms with van der Waals surface area (Å²) in [5, 5.41) is 0. The lowest BCUT2D eigenvalue weighted by Crippen LogP contribution is -2.24. The highest BCUT2D eigenvalue weighted by Crippen LogP contribution is 2.31. The predicted octanol–water partition coefficient (Wildman–Crippen LogP) is 2.32. The summed E-state index contributed by atoms with van der Waals surface area (Å²) < 4.78 is 11.4. The van der Waals surface area contributed by atoms with Crippen LogP contribution in [0.4, 0.5) is 11.5 Å². The molecule has 2 N–H and O–H groups in total. The van der Waals surface area contributed by atoms with E-state index in [1.165, 1.54) is 25.7 Å². The van der Waals surface area contributed by atoms with Gasteiger partial charge in [0.1, 0.15) is 5.82 Å². The average Bonchev–Trinajstić information content (AvgIpc) is 3.37. The fourth-order valence-electron chi connectivity index (χ4n) is 2.10. The molecule has 2 fully saturated rings. The highest BCUT2D eigenvalue weighted by atomic mass is 16.5. The van der Waals surface area contributed by atoms with E-state index >= 15 is 0 Å². The van der Waals surface area contributed by atoms with E-state index < -0.39 is 0 Å². The molecule has 5 heteroatoms. The maximum Gasteiger partial charge on any atom is 0.239 e. The largest absolute Gasteiger partial charge is 0.476 e. The van der Waals surface area contributed by atoms with Gasteiger partial charge in [-0.1, -0.05) is 0 Å². The summed E-state index contributed by atoms with van der Waals surface area (Å²) in [4.78, 5) is 6.60. The first-order chi connectivity index (χ1) is 10.2. The van der Waals surface area contributed by atoms with E-state index in [0.29, 0.717) is 17.5 Å². The Labute approximate surface area is 126 Å². The van der Waals surface area contributed by atoms with Gasteiger partial charge in [0.15, 0.2) is 0 Å². The summed E-state index contributed by atoms with van der Waals surface area (Å²) in [5.41, 5.74) is 6.54. The molecule has 21 heavy (non-hydrogen) atoms. The summed E-state index contributed by atoms with van der Waals surface area (Å²) >= 11 is 0. The molecular formula is C16H25N3O2. The quantitative estimate of drug-likeness (QED) is 0.708. The Kier molecular flexibility index (Phi) is 4.48. The van der Waals surface area contributed by atoms with Gasteiger partial charge >= 0.3 is 0 Å². The Morgan fingerprint density at radius 3 is 2.62 bits per heavy atom. The minimum atomic E-state index is 0.560. The number of anilines is 2. The standard InChI is InChI=1S/C16H25N3O2/c1-19(8-9-20-10-12-2-3-12)15-7-6-14(17)16(18-15)21-11-13-4-5-13/h6-7,12-13H,2-5,8-11,17H2,1H3. The van der Waals surface area contributed by atoms with Gasteiger partial charge in [0.2, 0.25) is 5.88 Å². The molecule has 0 bridgehead atoms. The van der Waals surface area contributed by atoms with Crippen molar-refractivity contribution in [2.75, 3.05) is 44.0 Å². The van der Waals surface area contributed by atoms with Crippen LogP contribution in [0.3, 0.4) is 0 Å². The van der Waals surface area contributed by atoms with Crippen molar-refractivity contribution in [2.45, 2.75) is 25.7 Å². The molecule has 1 heterocycles. The van der Waals surface area contributed by atoms with Gasteiger partial charge in [-0.3, -0.25) is 0 Å². The molecule has 0 radical (unpaired) electrons. The van der Waals surface area contributed by atoms with Gasteiger partial charge < -0.3 is 20.1 Å². The number of nitrogen functional groups attached to an aromatic ring is 1. The van der Waals surface area contributed by atoms with Crippen LogP contribution in [0, 0.1) is 11.8 Å². The van der Waals surface area contributed by atoms with Gasteiger partial charge in [-0.15, -0.1) is 0 Å². The van der Waals surface area contributed by atoms with E-state index in [1.807, 2.05) is 19.2 Å². The maximum absolute atomic E-state index is 5.93. The summed E-state index contributed by atoms with van der Waals surface area (Å²) in [5.74, 6) is 2.95. The SMILES string of the molecule is CN(CCOCC1CC1)c1ccc(N)c(OCC2CC2)n1. The molecule has 2 saturated carbocycles. The van der Waals surface area contributed by atoms with Crippen LogP contribution < -0.4 is 15.4 Å². The number of likely N-dealkylation sites (N-methyl/N-ethyl adjacent to an activating group) is 1. The Balaban J connectivity index is 1.48. The first-order valence-corrected chi connectivity index (χ1v) is 7.90. The number of hydrogen-bond acceptors (Lipinski definition) is 5. The molecule has 0 unspecified atom stereocenters. The lowest BCUT2D eigenvalue weighted by atomic mass is 10.3. The molecule has 116 valence electrons. The Bertz CT molecular complexity index is 473. The smallest absolute Gasteiger partial charge is 0.239 e. The highest BCUT2D eigenvalue weighted by molar-refractivity contribution is 5.54. The zero-order valence-electron chi connectivity index (χ0n) is 12.8. The number of pyridine rings is 1. The Morgan fingerprint density at radius 1 is 1.19 bits per heavy atom. The number of hydrogen-bond donors (Lipinski definition) is 1. The van der Waals surface area contributed by atoms with Crippen LogP contribution in [-0.4, -0.2) is 38.4 Å². The van der Waals surface area contributed by atoms with Crippen molar-refractivity contribution in [1.29, 1.82) is 0 Å². The Hall–Kier alpha value is -1.49. The summed E-state index contributed by atoms with van der Waals surface area (Å²) in [6.45, 7) is 3.19. The maximum atomic E-state index is 5.93. The second-order valence-corrected chi connectivity index (χ2v) is 6.26. The molecular weight excluding hydrogens is 266 g/mol. The number of rotatable bonds is 9. The van der Waals surface area contributed by atoms with Crippen molar-refractivity contribution in [3.8, 4) is 5.88 Å². The molecule has 0 atom stereocenters. The molecule has 2 aliphatic rings. The average molecular weight is 291 g/mol. The van der Waals surface area contributed by atoms with Crippen molar-refractivity contribution in [2.24, 2.45) is 11.8 Å². The number of nitrogens with zero attached hydrogens (tertiary/aromatic N) is 2. The summed E-state index contributed by atoms with van der Waals surface area (Å²) in [6, 6.07) is 3.80. The number of ether oxygens (including phenoxy) is 2. The lowest BCUT2D eigenvalue weighted by Gasteiger charge is -2.19. The van der Waals surface area contributed by atoms with Crippen molar-refractivity contribution in [3.63, 3.8) is 0 Å². The van der Waals surface area contributed by atoms with E-state index in [2.05, 4.69) is 9.88 Å². The molecule has 1 aromatic heterocycles. The first-order valence-electron chi connectivity index (χ1n) is 7.90. The van der Waals surface area contributed by atoms with Crippen LogP contribution >= 0.6 is 0 Å². The molecule has 0 amide bonds. The zero-order chi connectivity index (χ0) is 14.7. The Morgan fingerprint density at radius 2 is 1.90 bits per heavy atom. The molecule has 0 aliphatic heterocycles. The third-order valence-electron chi connectivity index (χ3n) is 4.04. The van der Waals surface area contributed by atoms with Crippen LogP contribution in [0.5, 0.6) is 5.88 Å². The highest BCUT2D eigenvalue weighted by Gasteiger charge is 2.23. The summed E-state index contributed by atoms with van der Waals surface area (Å²) in [6.07, 6.45) is 5.18. The molecule has 3 rings (SSSR count). The molecule has 5 nitrogen and oxygen atoms in total. The number of nitrogens with two attached hydrogens (primary N) is 1. The second kappa shape index (κ2) is 6.52. The van der Waals surface area contributed by atoms with E-state index in [0.717, 1.165) is 38.1 Å². The van der Waals surface area contributed by atoms with Crippen LogP contribution in [0.15, 0.2) is 12.1 Å². The van der Waals surface area contributed by atoms with Crippen LogP contribution in [0.1, 0.15) is 25.7 Å². The van der Waals surface area contributed by atoms with Crippen molar-refractivity contribution in [1.82, 2.24) is 4.98 Å². The third kappa shape index (κ3) is 4.49. The van der Waals surface area contributed by atoms with Gasteiger partial charge in [-0.05, 0) is 49.7 Å². The zero-order valence-corrected chi connectivity index (χ0v) is 12.8. The normalized spacial score (nSPS) is 17.8. The predicted molar refractivity (Wildman–Crippen MR) is 83.7 cm³/mol. The molecule has 0 aromatic carbocycles. The number of aromatic nitrogens is 1.